The van der Waals surface area contributed by atoms with Crippen LogP contribution in [0.2, 0.25) is 0 Å². The fraction of sp³-hybridized carbons (Fsp3) is 0.667. The van der Waals surface area contributed by atoms with Gasteiger partial charge in [-0.05, 0) is 0 Å². The topological polar surface area (TPSA) is 88.1 Å². The normalized spacial score (nSPS) is 8.64. The Labute approximate surface area is 65.1 Å². The van der Waals surface area contributed by atoms with Gasteiger partial charge in [0.2, 0.25) is 0 Å². The summed E-state index contributed by atoms with van der Waals surface area (Å²) in [4.78, 5) is 10.0. The van der Waals surface area contributed by atoms with E-state index in [2.05, 4.69) is 10.1 Å². The van der Waals surface area contributed by atoms with Crippen molar-refractivity contribution in [3.63, 3.8) is 0 Å². The molecule has 0 aliphatic carbocycles. The molecule has 0 aromatic carbocycles. The molecule has 0 unspecified atom stereocenters. The number of rotatable bonds is 5. The molecular weight excluding hydrogens is 146 g/mol. The molecular formula is C6H11N3O2. The summed E-state index contributed by atoms with van der Waals surface area (Å²) in [6.45, 7) is 1.39. The van der Waals surface area contributed by atoms with Crippen LogP contribution < -0.4 is 11.1 Å². The molecule has 0 bridgehead atoms. The second kappa shape index (κ2) is 6.83. The number of primary amides is 1. The van der Waals surface area contributed by atoms with Crippen molar-refractivity contribution in [3.05, 3.63) is 0 Å². The Balaban J connectivity index is 2.92. The highest BCUT2D eigenvalue weighted by atomic mass is 16.5. The standard InChI is InChI=1S/C6H11N3O2/c7-2-1-3-9-4-5-11-6(8)10/h9H,1,3-5H2,(H2,8,10). The zero-order valence-corrected chi connectivity index (χ0v) is 6.17. The van der Waals surface area contributed by atoms with Crippen molar-refractivity contribution in [1.29, 1.82) is 5.26 Å². The van der Waals surface area contributed by atoms with Gasteiger partial charge < -0.3 is 15.8 Å². The first-order valence-corrected chi connectivity index (χ1v) is 3.27. The van der Waals surface area contributed by atoms with Crippen molar-refractivity contribution in [2.75, 3.05) is 19.7 Å². The van der Waals surface area contributed by atoms with Gasteiger partial charge in [-0.3, -0.25) is 0 Å². The molecule has 0 atom stereocenters. The van der Waals surface area contributed by atoms with Crippen molar-refractivity contribution in [3.8, 4) is 6.07 Å². The predicted octanol–water partition coefficient (Wildman–Crippen LogP) is -0.415. The number of amides is 1. The molecule has 0 radical (unpaired) electrons. The van der Waals surface area contributed by atoms with Gasteiger partial charge in [0.05, 0.1) is 6.07 Å². The highest BCUT2D eigenvalue weighted by Crippen LogP contribution is 1.73. The van der Waals surface area contributed by atoms with Crippen molar-refractivity contribution >= 4 is 6.09 Å². The molecule has 0 aromatic heterocycles. The molecule has 3 N–H and O–H groups in total. The first-order valence-electron chi connectivity index (χ1n) is 3.27. The third-order valence-corrected chi connectivity index (χ3v) is 0.937. The maximum Gasteiger partial charge on any atom is 0.404 e. The van der Waals surface area contributed by atoms with Crippen molar-refractivity contribution < 1.29 is 9.53 Å². The van der Waals surface area contributed by atoms with Crippen LogP contribution in [0.1, 0.15) is 6.42 Å². The summed E-state index contributed by atoms with van der Waals surface area (Å²) in [5.74, 6) is 0. The summed E-state index contributed by atoms with van der Waals surface area (Å²) in [6.07, 6.45) is -0.316. The first kappa shape index (κ1) is 9.72. The van der Waals surface area contributed by atoms with Crippen LogP contribution in [0.3, 0.4) is 0 Å². The van der Waals surface area contributed by atoms with E-state index >= 15 is 0 Å². The van der Waals surface area contributed by atoms with Crippen LogP contribution in [0.5, 0.6) is 0 Å². The van der Waals surface area contributed by atoms with E-state index in [9.17, 15) is 4.79 Å². The molecule has 0 saturated carbocycles. The van der Waals surface area contributed by atoms with Gasteiger partial charge in [0.1, 0.15) is 6.61 Å². The number of nitrogens with one attached hydrogen (secondary N) is 1. The summed E-state index contributed by atoms with van der Waals surface area (Å²) in [7, 11) is 0. The van der Waals surface area contributed by atoms with Crippen LogP contribution in [0.15, 0.2) is 0 Å². The van der Waals surface area contributed by atoms with E-state index in [1.165, 1.54) is 0 Å². The van der Waals surface area contributed by atoms with E-state index in [4.69, 9.17) is 11.0 Å². The van der Waals surface area contributed by atoms with Crippen LogP contribution in [0, 0.1) is 11.3 Å². The minimum absolute atomic E-state index is 0.251. The lowest BCUT2D eigenvalue weighted by Gasteiger charge is -2.01. The molecule has 0 spiro atoms. The number of carbonyl (C=O) groups is 1. The molecule has 1 amide bonds. The molecule has 0 saturated heterocycles. The van der Waals surface area contributed by atoms with Crippen LogP contribution in [0.25, 0.3) is 0 Å². The van der Waals surface area contributed by atoms with Gasteiger partial charge >= 0.3 is 6.09 Å². The summed E-state index contributed by atoms with van der Waals surface area (Å²) in [5, 5.41) is 11.0. The third kappa shape index (κ3) is 8.72. The zero-order chi connectivity index (χ0) is 8.53. The number of nitrogens with zero attached hydrogens (tertiary/aromatic N) is 1. The van der Waals surface area contributed by atoms with Gasteiger partial charge in [0.15, 0.2) is 0 Å². The number of carbonyl (C=O) groups excluding carboxylic acids is 1. The average Bonchev–Trinajstić information content (AvgIpc) is 1.96. The molecule has 0 aliphatic rings. The SMILES string of the molecule is N#CCCNCCOC(N)=O. The minimum Gasteiger partial charge on any atom is -0.448 e. The Kier molecular flexibility index (Phi) is 6.04. The van der Waals surface area contributed by atoms with Crippen molar-refractivity contribution in [2.24, 2.45) is 5.73 Å². The van der Waals surface area contributed by atoms with Gasteiger partial charge in [0.25, 0.3) is 0 Å². The largest absolute Gasteiger partial charge is 0.448 e. The number of ether oxygens (including phenoxy) is 1. The van der Waals surface area contributed by atoms with Crippen LogP contribution in [-0.4, -0.2) is 25.8 Å². The molecule has 0 aromatic rings. The minimum atomic E-state index is -0.771. The summed E-state index contributed by atoms with van der Waals surface area (Å²) in [6, 6.07) is 1.97. The van der Waals surface area contributed by atoms with Gasteiger partial charge in [0, 0.05) is 19.5 Å². The molecule has 5 heteroatoms. The van der Waals surface area contributed by atoms with Gasteiger partial charge in [-0.1, -0.05) is 0 Å². The Morgan fingerprint density at radius 2 is 2.36 bits per heavy atom. The number of nitriles is 1. The van der Waals surface area contributed by atoms with Crippen LogP contribution >= 0.6 is 0 Å². The van der Waals surface area contributed by atoms with Gasteiger partial charge in [-0.2, -0.15) is 5.26 Å². The zero-order valence-electron chi connectivity index (χ0n) is 6.17. The Hall–Kier alpha value is -1.28. The maximum absolute atomic E-state index is 10.0. The van der Waals surface area contributed by atoms with Crippen molar-refractivity contribution in [2.45, 2.75) is 6.42 Å². The highest BCUT2D eigenvalue weighted by Gasteiger charge is 1.91. The second-order valence-corrected chi connectivity index (χ2v) is 1.83. The van der Waals surface area contributed by atoms with E-state index in [0.717, 1.165) is 0 Å². The molecule has 62 valence electrons. The Morgan fingerprint density at radius 3 is 2.91 bits per heavy atom. The Bertz CT molecular complexity index is 152. The fourth-order valence-corrected chi connectivity index (χ4v) is 0.493. The fourth-order valence-electron chi connectivity index (χ4n) is 0.493. The number of nitrogens with two attached hydrogens (primary N) is 1. The molecule has 0 rings (SSSR count). The first-order chi connectivity index (χ1) is 5.27. The highest BCUT2D eigenvalue weighted by molar-refractivity contribution is 5.64. The van der Waals surface area contributed by atoms with Crippen LogP contribution in [-0.2, 0) is 4.74 Å². The lowest BCUT2D eigenvalue weighted by molar-refractivity contribution is 0.157. The van der Waals surface area contributed by atoms with E-state index in [-0.39, 0.29) is 6.61 Å². The van der Waals surface area contributed by atoms with E-state index < -0.39 is 6.09 Å². The van der Waals surface area contributed by atoms with E-state index in [1.54, 1.807) is 0 Å². The van der Waals surface area contributed by atoms with E-state index in [1.807, 2.05) is 6.07 Å². The maximum atomic E-state index is 10.0. The van der Waals surface area contributed by atoms with Crippen LogP contribution in [0.4, 0.5) is 4.79 Å². The molecule has 0 aliphatic heterocycles. The Morgan fingerprint density at radius 1 is 1.64 bits per heavy atom. The smallest absolute Gasteiger partial charge is 0.404 e. The quantitative estimate of drug-likeness (QED) is 0.531. The molecule has 0 fully saturated rings. The lowest BCUT2D eigenvalue weighted by atomic mass is 10.4. The molecule has 11 heavy (non-hydrogen) atoms. The monoisotopic (exact) mass is 157 g/mol. The predicted molar refractivity (Wildman–Crippen MR) is 38.6 cm³/mol. The van der Waals surface area contributed by atoms with Gasteiger partial charge in [-0.15, -0.1) is 0 Å². The number of hydrogen-bond acceptors (Lipinski definition) is 4. The molecule has 5 nitrogen and oxygen atoms in total. The summed E-state index contributed by atoms with van der Waals surface area (Å²) >= 11 is 0. The third-order valence-electron chi connectivity index (χ3n) is 0.937. The van der Waals surface area contributed by atoms with Crippen molar-refractivity contribution in [1.82, 2.24) is 5.32 Å². The molecule has 0 heterocycles. The average molecular weight is 157 g/mol. The lowest BCUT2D eigenvalue weighted by Crippen LogP contribution is -2.24. The second-order valence-electron chi connectivity index (χ2n) is 1.83. The number of hydrogen-bond donors (Lipinski definition) is 2. The van der Waals surface area contributed by atoms with E-state index in [0.29, 0.717) is 19.5 Å². The van der Waals surface area contributed by atoms with Gasteiger partial charge in [-0.25, -0.2) is 4.79 Å². The summed E-state index contributed by atoms with van der Waals surface area (Å²) in [5.41, 5.74) is 4.69. The summed E-state index contributed by atoms with van der Waals surface area (Å²) < 4.78 is 4.42.